The lowest BCUT2D eigenvalue weighted by Crippen LogP contribution is -2.60. The fourth-order valence-corrected chi connectivity index (χ4v) is 10.6. The smallest absolute Gasteiger partial charge is 0.238 e. The molecule has 4 aliphatic carbocycles. The third-order valence-corrected chi connectivity index (χ3v) is 12.8. The highest BCUT2D eigenvalue weighted by Gasteiger charge is 2.59. The van der Waals surface area contributed by atoms with Gasteiger partial charge < -0.3 is 16.8 Å². The molecule has 4 unspecified atom stereocenters. The van der Waals surface area contributed by atoms with Gasteiger partial charge in [-0.05, 0) is 121 Å². The van der Waals surface area contributed by atoms with Crippen molar-refractivity contribution in [3.63, 3.8) is 0 Å². The Bertz CT molecular complexity index is 1520. The lowest BCUT2D eigenvalue weighted by Gasteiger charge is -2.57. The van der Waals surface area contributed by atoms with Gasteiger partial charge >= 0.3 is 0 Å². The van der Waals surface area contributed by atoms with E-state index in [-0.39, 0.29) is 46.9 Å². The van der Waals surface area contributed by atoms with Gasteiger partial charge in [-0.2, -0.15) is 0 Å². The van der Waals surface area contributed by atoms with Crippen molar-refractivity contribution in [1.82, 2.24) is 4.90 Å². The summed E-state index contributed by atoms with van der Waals surface area (Å²) in [7, 11) is 1.74. The maximum Gasteiger partial charge on any atom is 0.238 e. The van der Waals surface area contributed by atoms with E-state index >= 15 is 0 Å². The van der Waals surface area contributed by atoms with E-state index < -0.39 is 10.8 Å². The van der Waals surface area contributed by atoms with Gasteiger partial charge in [-0.15, -0.1) is 0 Å². The van der Waals surface area contributed by atoms with Gasteiger partial charge in [-0.1, -0.05) is 52.7 Å². The fraction of sp³-hybridized carbons (Fsp3) is 0.595. The van der Waals surface area contributed by atoms with Gasteiger partial charge in [0.15, 0.2) is 0 Å². The van der Waals surface area contributed by atoms with Gasteiger partial charge in [0.05, 0.1) is 17.4 Å². The molecule has 3 amide bonds. The molecular weight excluding hydrogens is 548 g/mol. The van der Waals surface area contributed by atoms with Crippen LogP contribution in [0.2, 0.25) is 0 Å². The number of aryl methyl sites for hydroxylation is 2. The molecule has 0 radical (unpaired) electrons. The van der Waals surface area contributed by atoms with Gasteiger partial charge in [0.1, 0.15) is 0 Å². The maximum atomic E-state index is 14.7. The van der Waals surface area contributed by atoms with Crippen molar-refractivity contribution in [2.75, 3.05) is 24.6 Å². The van der Waals surface area contributed by atoms with E-state index in [4.69, 9.17) is 11.5 Å². The predicted octanol–water partition coefficient (Wildman–Crippen LogP) is 5.87. The number of carbonyl (C=O) groups excluding carboxylic acids is 3. The second-order valence-electron chi connectivity index (χ2n) is 15.3. The summed E-state index contributed by atoms with van der Waals surface area (Å²) in [6, 6.07) is 12.4. The molecule has 7 nitrogen and oxygen atoms in total. The standard InChI is InChI=1S/C37H50N4O3/c1-34-16-6-18-36(3,29(34)14-10-23-8-12-25(39)20-27(23)34)32(43)41(5)33(44)37(4)19-7-17-35(2)28-21-26(40-31(42)22-38)13-9-24(28)11-15-30(35)37/h8-9,12-13,20-21,29-30H,6-7,10-11,14-19,22,38-39H2,1-5H3,(H,40,42)/t29?,30?,34?,35?,36-,37-/m0/s1. The molecule has 236 valence electrons. The van der Waals surface area contributed by atoms with Crippen molar-refractivity contribution in [2.24, 2.45) is 28.4 Å². The van der Waals surface area contributed by atoms with Gasteiger partial charge in [-0.25, -0.2) is 0 Å². The number of fused-ring (bicyclic) bond motifs is 6. The average Bonchev–Trinajstić information content (AvgIpc) is 3.00. The molecule has 44 heavy (non-hydrogen) atoms. The van der Waals surface area contributed by atoms with Crippen LogP contribution in [0.15, 0.2) is 36.4 Å². The normalized spacial score (nSPS) is 34.0. The average molecular weight is 599 g/mol. The summed E-state index contributed by atoms with van der Waals surface area (Å²) < 4.78 is 0. The molecule has 7 heteroatoms. The first-order valence-corrected chi connectivity index (χ1v) is 16.6. The number of nitrogens with two attached hydrogens (primary N) is 2. The molecule has 5 N–H and O–H groups in total. The summed E-state index contributed by atoms with van der Waals surface area (Å²) in [5.41, 5.74) is 16.8. The number of hydrogen-bond donors (Lipinski definition) is 3. The molecule has 0 saturated heterocycles. The Kier molecular flexibility index (Phi) is 7.50. The molecule has 0 aromatic heterocycles. The van der Waals surface area contributed by atoms with E-state index in [2.05, 4.69) is 57.3 Å². The molecule has 2 aromatic rings. The third kappa shape index (κ3) is 4.52. The summed E-state index contributed by atoms with van der Waals surface area (Å²) in [6.45, 7) is 8.78. The van der Waals surface area contributed by atoms with Crippen molar-refractivity contribution in [3.8, 4) is 0 Å². The van der Waals surface area contributed by atoms with Crippen LogP contribution in [0.1, 0.15) is 101 Å². The first-order chi connectivity index (χ1) is 20.8. The lowest BCUT2D eigenvalue weighted by molar-refractivity contribution is -0.165. The van der Waals surface area contributed by atoms with Crippen LogP contribution in [0.3, 0.4) is 0 Å². The summed E-state index contributed by atoms with van der Waals surface area (Å²) >= 11 is 0. The van der Waals surface area contributed by atoms with Gasteiger partial charge in [0.25, 0.3) is 0 Å². The minimum atomic E-state index is -0.659. The van der Waals surface area contributed by atoms with Crippen LogP contribution in [0.25, 0.3) is 0 Å². The quantitative estimate of drug-likeness (QED) is 0.300. The summed E-state index contributed by atoms with van der Waals surface area (Å²) in [4.78, 5) is 43.0. The van der Waals surface area contributed by atoms with Crippen LogP contribution in [-0.4, -0.2) is 36.2 Å². The zero-order valence-electron chi connectivity index (χ0n) is 27.2. The van der Waals surface area contributed by atoms with Crippen LogP contribution >= 0.6 is 0 Å². The monoisotopic (exact) mass is 598 g/mol. The van der Waals surface area contributed by atoms with Crippen LogP contribution < -0.4 is 16.8 Å². The molecule has 2 aromatic carbocycles. The second kappa shape index (κ2) is 10.7. The number of nitrogen functional groups attached to an aromatic ring is 1. The number of nitrogens with zero attached hydrogens (tertiary/aromatic N) is 1. The third-order valence-electron chi connectivity index (χ3n) is 12.8. The van der Waals surface area contributed by atoms with Crippen LogP contribution in [-0.2, 0) is 38.1 Å². The van der Waals surface area contributed by atoms with Crippen LogP contribution in [0.5, 0.6) is 0 Å². The molecule has 0 spiro atoms. The number of benzene rings is 2. The summed E-state index contributed by atoms with van der Waals surface area (Å²) in [6.07, 6.45) is 9.07. The largest absolute Gasteiger partial charge is 0.399 e. The Balaban J connectivity index is 1.30. The molecule has 6 atom stereocenters. The Labute approximate surface area is 262 Å². The zero-order valence-corrected chi connectivity index (χ0v) is 27.2. The molecular formula is C37H50N4O3. The van der Waals surface area contributed by atoms with E-state index in [1.165, 1.54) is 27.2 Å². The van der Waals surface area contributed by atoms with Crippen LogP contribution in [0, 0.1) is 22.7 Å². The molecule has 6 rings (SSSR count). The number of carbonyl (C=O) groups is 3. The number of amides is 3. The highest BCUT2D eigenvalue weighted by atomic mass is 16.2. The van der Waals surface area contributed by atoms with Gasteiger partial charge in [0, 0.05) is 18.4 Å². The number of nitrogens with one attached hydrogen (secondary N) is 1. The highest BCUT2D eigenvalue weighted by Crippen LogP contribution is 2.60. The molecule has 4 aliphatic rings. The van der Waals surface area contributed by atoms with Crippen LogP contribution in [0.4, 0.5) is 11.4 Å². The summed E-state index contributed by atoms with van der Waals surface area (Å²) in [5, 5.41) is 2.92. The van der Waals surface area contributed by atoms with Crippen molar-refractivity contribution in [1.29, 1.82) is 0 Å². The first-order valence-electron chi connectivity index (χ1n) is 16.6. The van der Waals surface area contributed by atoms with Crippen molar-refractivity contribution in [2.45, 2.75) is 103 Å². The first kappa shape index (κ1) is 30.8. The van der Waals surface area contributed by atoms with Crippen molar-refractivity contribution >= 4 is 29.1 Å². The molecule has 2 fully saturated rings. The fourth-order valence-electron chi connectivity index (χ4n) is 10.6. The van der Waals surface area contributed by atoms with Crippen molar-refractivity contribution < 1.29 is 14.4 Å². The Morgan fingerprint density at radius 2 is 1.30 bits per heavy atom. The lowest BCUT2D eigenvalue weighted by atomic mass is 9.48. The minimum absolute atomic E-state index is 0.0257. The minimum Gasteiger partial charge on any atom is -0.399 e. The Hall–Kier alpha value is -3.19. The molecule has 0 aliphatic heterocycles. The predicted molar refractivity (Wildman–Crippen MR) is 175 cm³/mol. The number of anilines is 2. The van der Waals surface area contributed by atoms with E-state index in [0.29, 0.717) is 0 Å². The molecule has 0 heterocycles. The van der Waals surface area contributed by atoms with E-state index in [0.717, 1.165) is 75.6 Å². The Morgan fingerprint density at radius 3 is 1.82 bits per heavy atom. The SMILES string of the molecule is CN(C(=O)[C@@]1(C)CCCC2(C)c3cc(N)ccc3CCC21)C(=O)[C@@]1(C)CCCC2(C)c3cc(NC(=O)CN)ccc3CCC21. The maximum absolute atomic E-state index is 14.7. The second-order valence-corrected chi connectivity index (χ2v) is 15.3. The molecule has 2 saturated carbocycles. The highest BCUT2D eigenvalue weighted by molar-refractivity contribution is 6.00. The molecule has 0 bridgehead atoms. The van der Waals surface area contributed by atoms with E-state index in [9.17, 15) is 14.4 Å². The summed E-state index contributed by atoms with van der Waals surface area (Å²) in [5.74, 6) is -0.0449. The van der Waals surface area contributed by atoms with E-state index in [1.54, 1.807) is 7.05 Å². The Morgan fingerprint density at radius 1 is 0.795 bits per heavy atom. The number of hydrogen-bond acceptors (Lipinski definition) is 5. The van der Waals surface area contributed by atoms with Gasteiger partial charge in [0.2, 0.25) is 17.7 Å². The number of rotatable bonds is 4. The van der Waals surface area contributed by atoms with Gasteiger partial charge in [-0.3, -0.25) is 19.3 Å². The van der Waals surface area contributed by atoms with Crippen molar-refractivity contribution in [3.05, 3.63) is 58.7 Å². The zero-order chi connectivity index (χ0) is 31.7. The number of imide groups is 1. The van der Waals surface area contributed by atoms with E-state index in [1.807, 2.05) is 12.1 Å². The topological polar surface area (TPSA) is 119 Å².